The maximum atomic E-state index is 14.1. The molecule has 0 atom stereocenters. The average Bonchev–Trinajstić information content (AvgIpc) is 2.29. The number of hydrogen-bond acceptors (Lipinski definition) is 2. The molecular weight excluding hydrogens is 219 g/mol. The molecule has 0 saturated carbocycles. The van der Waals surface area contributed by atoms with Crippen LogP contribution in [0.25, 0.3) is 11.0 Å². The van der Waals surface area contributed by atoms with Crippen LogP contribution < -0.4 is 5.56 Å². The molecule has 0 saturated heterocycles. The summed E-state index contributed by atoms with van der Waals surface area (Å²) >= 11 is 0. The molecule has 0 fully saturated rings. The molecule has 90 valence electrons. The lowest BCUT2D eigenvalue weighted by molar-refractivity contribution is 0.604. The summed E-state index contributed by atoms with van der Waals surface area (Å²) in [7, 11) is 0. The molecule has 0 aliphatic carbocycles. The number of aryl methyl sites for hydroxylation is 1. The first-order valence-electron chi connectivity index (χ1n) is 5.74. The zero-order chi connectivity index (χ0) is 12.6. The first-order valence-corrected chi connectivity index (χ1v) is 5.74. The van der Waals surface area contributed by atoms with Crippen molar-refractivity contribution in [3.05, 3.63) is 39.6 Å². The van der Waals surface area contributed by atoms with Crippen LogP contribution in [-0.2, 0) is 6.42 Å². The number of nitrogens with one attached hydrogen (secondary N) is 1. The summed E-state index contributed by atoms with van der Waals surface area (Å²) in [6.45, 7) is 5.67. The van der Waals surface area contributed by atoms with Crippen LogP contribution >= 0.6 is 0 Å². The van der Waals surface area contributed by atoms with Crippen molar-refractivity contribution in [2.24, 2.45) is 0 Å². The van der Waals surface area contributed by atoms with Gasteiger partial charge in [0.1, 0.15) is 5.52 Å². The van der Waals surface area contributed by atoms with Gasteiger partial charge in [0.15, 0.2) is 5.82 Å². The molecule has 0 aliphatic rings. The van der Waals surface area contributed by atoms with Gasteiger partial charge in [-0.3, -0.25) is 9.78 Å². The van der Waals surface area contributed by atoms with E-state index < -0.39 is 0 Å². The van der Waals surface area contributed by atoms with Gasteiger partial charge in [-0.15, -0.1) is 0 Å². The Morgan fingerprint density at radius 2 is 2.18 bits per heavy atom. The number of fused-ring (bicyclic) bond motifs is 1. The Labute approximate surface area is 98.7 Å². The molecule has 0 aromatic carbocycles. The summed E-state index contributed by atoms with van der Waals surface area (Å²) in [5.74, 6) is -0.328. The summed E-state index contributed by atoms with van der Waals surface area (Å²) in [5.41, 5.74) is 1.63. The van der Waals surface area contributed by atoms with Crippen molar-refractivity contribution >= 4 is 11.0 Å². The Morgan fingerprint density at radius 1 is 1.47 bits per heavy atom. The molecule has 0 unspecified atom stereocenters. The fourth-order valence-electron chi connectivity index (χ4n) is 1.83. The first kappa shape index (κ1) is 11.8. The molecular formula is C13H15FN2O. The van der Waals surface area contributed by atoms with E-state index in [-0.39, 0.29) is 22.8 Å². The summed E-state index contributed by atoms with van der Waals surface area (Å²) < 4.78 is 14.1. The van der Waals surface area contributed by atoms with Crippen molar-refractivity contribution in [2.45, 2.75) is 33.1 Å². The quantitative estimate of drug-likeness (QED) is 0.868. The van der Waals surface area contributed by atoms with Gasteiger partial charge >= 0.3 is 0 Å². The fourth-order valence-corrected chi connectivity index (χ4v) is 1.83. The van der Waals surface area contributed by atoms with Crippen molar-refractivity contribution in [2.75, 3.05) is 0 Å². The van der Waals surface area contributed by atoms with Gasteiger partial charge in [0.25, 0.3) is 5.56 Å². The normalized spacial score (nSPS) is 11.4. The standard InChI is InChI=1S/C13H15FN2O/c1-4-8-5-10-12(16-13(8)17)11(14)9(6-15-10)7(2)3/h5-7H,4H2,1-3H3,(H,16,17). The Bertz CT molecular complexity index is 617. The lowest BCUT2D eigenvalue weighted by Gasteiger charge is -2.09. The zero-order valence-corrected chi connectivity index (χ0v) is 10.2. The Morgan fingerprint density at radius 3 is 2.76 bits per heavy atom. The SMILES string of the molecule is CCc1cc2ncc(C(C)C)c(F)c2[nH]c1=O. The van der Waals surface area contributed by atoms with E-state index in [0.29, 0.717) is 23.1 Å². The van der Waals surface area contributed by atoms with Crippen LogP contribution in [0.4, 0.5) is 4.39 Å². The predicted molar refractivity (Wildman–Crippen MR) is 65.8 cm³/mol. The van der Waals surface area contributed by atoms with Crippen molar-refractivity contribution in [3.63, 3.8) is 0 Å². The third-order valence-electron chi connectivity index (χ3n) is 2.92. The molecule has 2 rings (SSSR count). The van der Waals surface area contributed by atoms with Gasteiger partial charge in [0.2, 0.25) is 0 Å². The summed E-state index contributed by atoms with van der Waals surface area (Å²) in [4.78, 5) is 18.4. The van der Waals surface area contributed by atoms with E-state index in [1.165, 1.54) is 0 Å². The molecule has 2 aromatic rings. The van der Waals surface area contributed by atoms with E-state index in [2.05, 4.69) is 9.97 Å². The number of aromatic amines is 1. The van der Waals surface area contributed by atoms with E-state index >= 15 is 0 Å². The minimum Gasteiger partial charge on any atom is -0.318 e. The molecule has 0 bridgehead atoms. The van der Waals surface area contributed by atoms with Crippen molar-refractivity contribution in [3.8, 4) is 0 Å². The van der Waals surface area contributed by atoms with Gasteiger partial charge in [0.05, 0.1) is 5.52 Å². The molecule has 4 heteroatoms. The Hall–Kier alpha value is -1.71. The van der Waals surface area contributed by atoms with Crippen molar-refractivity contribution in [1.82, 2.24) is 9.97 Å². The van der Waals surface area contributed by atoms with Gasteiger partial charge < -0.3 is 4.98 Å². The highest BCUT2D eigenvalue weighted by atomic mass is 19.1. The van der Waals surface area contributed by atoms with E-state index in [0.717, 1.165) is 0 Å². The smallest absolute Gasteiger partial charge is 0.251 e. The lowest BCUT2D eigenvalue weighted by Crippen LogP contribution is -2.13. The van der Waals surface area contributed by atoms with Crippen LogP contribution in [0.15, 0.2) is 17.1 Å². The highest BCUT2D eigenvalue weighted by Crippen LogP contribution is 2.22. The highest BCUT2D eigenvalue weighted by molar-refractivity contribution is 5.75. The highest BCUT2D eigenvalue weighted by Gasteiger charge is 2.13. The zero-order valence-electron chi connectivity index (χ0n) is 10.2. The number of aromatic nitrogens is 2. The van der Waals surface area contributed by atoms with Gasteiger partial charge in [-0.2, -0.15) is 0 Å². The van der Waals surface area contributed by atoms with Crippen molar-refractivity contribution in [1.29, 1.82) is 0 Å². The third-order valence-corrected chi connectivity index (χ3v) is 2.92. The third kappa shape index (κ3) is 1.95. The second kappa shape index (κ2) is 4.28. The first-order chi connectivity index (χ1) is 8.04. The Kier molecular flexibility index (Phi) is 2.96. The van der Waals surface area contributed by atoms with Gasteiger partial charge in [-0.05, 0) is 18.4 Å². The lowest BCUT2D eigenvalue weighted by atomic mass is 10.0. The number of nitrogens with zero attached hydrogens (tertiary/aromatic N) is 1. The monoisotopic (exact) mass is 234 g/mol. The number of H-pyrrole nitrogens is 1. The number of halogens is 1. The van der Waals surface area contributed by atoms with E-state index in [1.807, 2.05) is 20.8 Å². The number of rotatable bonds is 2. The topological polar surface area (TPSA) is 45.8 Å². The van der Waals surface area contributed by atoms with E-state index in [9.17, 15) is 9.18 Å². The molecule has 0 aliphatic heterocycles. The molecule has 2 aromatic heterocycles. The second-order valence-electron chi connectivity index (χ2n) is 4.42. The number of pyridine rings is 2. The molecule has 0 radical (unpaired) electrons. The maximum Gasteiger partial charge on any atom is 0.251 e. The summed E-state index contributed by atoms with van der Waals surface area (Å²) in [6.07, 6.45) is 2.15. The average molecular weight is 234 g/mol. The van der Waals surface area contributed by atoms with E-state index in [4.69, 9.17) is 0 Å². The maximum absolute atomic E-state index is 14.1. The van der Waals surface area contributed by atoms with Crippen LogP contribution in [0.5, 0.6) is 0 Å². The van der Waals surface area contributed by atoms with Crippen LogP contribution in [-0.4, -0.2) is 9.97 Å². The Balaban J connectivity index is 2.79. The molecule has 17 heavy (non-hydrogen) atoms. The van der Waals surface area contributed by atoms with E-state index in [1.54, 1.807) is 12.3 Å². The van der Waals surface area contributed by atoms with Gasteiger partial charge in [-0.1, -0.05) is 20.8 Å². The molecule has 3 nitrogen and oxygen atoms in total. The van der Waals surface area contributed by atoms with Crippen LogP contribution in [0, 0.1) is 5.82 Å². The minimum absolute atomic E-state index is 0.0428. The van der Waals surface area contributed by atoms with Crippen molar-refractivity contribution < 1.29 is 4.39 Å². The molecule has 2 heterocycles. The summed E-state index contributed by atoms with van der Waals surface area (Å²) in [6, 6.07) is 1.65. The minimum atomic E-state index is -0.371. The second-order valence-corrected chi connectivity index (χ2v) is 4.42. The molecule has 0 amide bonds. The number of hydrogen-bond donors (Lipinski definition) is 1. The van der Waals surface area contributed by atoms with Crippen LogP contribution in [0.3, 0.4) is 0 Å². The van der Waals surface area contributed by atoms with Crippen LogP contribution in [0.1, 0.15) is 37.8 Å². The molecule has 1 N–H and O–H groups in total. The fraction of sp³-hybridized carbons (Fsp3) is 0.385. The van der Waals surface area contributed by atoms with Gasteiger partial charge in [0, 0.05) is 17.3 Å². The predicted octanol–water partition coefficient (Wildman–Crippen LogP) is 2.75. The molecule has 0 spiro atoms. The van der Waals surface area contributed by atoms with Gasteiger partial charge in [-0.25, -0.2) is 4.39 Å². The largest absolute Gasteiger partial charge is 0.318 e. The summed E-state index contributed by atoms with van der Waals surface area (Å²) in [5, 5.41) is 0. The van der Waals surface area contributed by atoms with Crippen LogP contribution in [0.2, 0.25) is 0 Å².